The van der Waals surface area contributed by atoms with Gasteiger partial charge >= 0.3 is 0 Å². The Morgan fingerprint density at radius 3 is 2.54 bits per heavy atom. The first-order chi connectivity index (χ1) is 11.9. The molecule has 0 spiro atoms. The van der Waals surface area contributed by atoms with E-state index in [0.717, 1.165) is 0 Å². The highest BCUT2D eigenvalue weighted by Gasteiger charge is 2.26. The van der Waals surface area contributed by atoms with Crippen molar-refractivity contribution in [1.29, 1.82) is 0 Å². The summed E-state index contributed by atoms with van der Waals surface area (Å²) >= 11 is 6.25. The molecule has 0 amide bonds. The summed E-state index contributed by atoms with van der Waals surface area (Å²) in [5.41, 5.74) is 1.71. The lowest BCUT2D eigenvalue weighted by Gasteiger charge is -2.09. The average molecular weight is 413 g/mol. The number of nitrogens with zero attached hydrogens (tertiary/aromatic N) is 3. The van der Waals surface area contributed by atoms with Crippen LogP contribution in [0.2, 0.25) is 5.02 Å². The van der Waals surface area contributed by atoms with Gasteiger partial charge in [-0.2, -0.15) is 5.10 Å². The molecule has 0 fully saturated rings. The predicted molar refractivity (Wildman–Crippen MR) is 103 cm³/mol. The van der Waals surface area contributed by atoms with Gasteiger partial charge in [0.25, 0.3) is 0 Å². The van der Waals surface area contributed by atoms with Crippen LogP contribution in [0.3, 0.4) is 0 Å². The Morgan fingerprint density at radius 1 is 1.15 bits per heavy atom. The third-order valence-corrected chi connectivity index (χ3v) is 5.52. The molecule has 1 N–H and O–H groups in total. The lowest BCUT2D eigenvalue weighted by molar-refractivity contribution is 0.581. The van der Waals surface area contributed by atoms with Crippen molar-refractivity contribution >= 4 is 33.8 Å². The quantitative estimate of drug-likeness (QED) is 0.695. The van der Waals surface area contributed by atoms with Crippen molar-refractivity contribution in [3.05, 3.63) is 64.9 Å². The molecule has 1 aromatic carbocycles. The number of pyridine rings is 1. The van der Waals surface area contributed by atoms with E-state index in [1.54, 1.807) is 56.4 Å². The number of rotatable bonds is 5. The van der Waals surface area contributed by atoms with Gasteiger partial charge in [-0.3, -0.25) is 0 Å². The monoisotopic (exact) mass is 412 g/mol. The number of aryl methyl sites for hydroxylation is 1. The van der Waals surface area contributed by atoms with E-state index < -0.39 is 9.84 Å². The van der Waals surface area contributed by atoms with Crippen LogP contribution < -0.4 is 5.32 Å². The lowest BCUT2D eigenvalue weighted by Crippen LogP contribution is -2.12. The number of hydrogen-bond donors (Lipinski definition) is 1. The van der Waals surface area contributed by atoms with Gasteiger partial charge in [0.15, 0.2) is 10.1 Å². The third kappa shape index (κ3) is 3.91. The molecule has 0 aliphatic rings. The van der Waals surface area contributed by atoms with Crippen LogP contribution in [0, 0.1) is 6.92 Å². The molecule has 0 radical (unpaired) electrons. The van der Waals surface area contributed by atoms with Gasteiger partial charge in [-0.1, -0.05) is 29.8 Å². The molecule has 138 valence electrons. The van der Waals surface area contributed by atoms with Gasteiger partial charge < -0.3 is 5.32 Å². The van der Waals surface area contributed by atoms with Crippen molar-refractivity contribution in [2.75, 3.05) is 7.05 Å². The number of sulfone groups is 1. The van der Waals surface area contributed by atoms with Crippen LogP contribution in [0.15, 0.2) is 58.6 Å². The molecule has 0 saturated heterocycles. The van der Waals surface area contributed by atoms with Crippen molar-refractivity contribution in [3.8, 4) is 5.69 Å². The maximum atomic E-state index is 13.1. The van der Waals surface area contributed by atoms with Crippen LogP contribution in [0.5, 0.6) is 0 Å². The molecule has 3 aromatic rings. The average Bonchev–Trinajstić information content (AvgIpc) is 3.00. The Hall–Kier alpha value is -1.93. The summed E-state index contributed by atoms with van der Waals surface area (Å²) in [4.78, 5) is 4.16. The second-order valence-corrected chi connectivity index (χ2v) is 7.74. The van der Waals surface area contributed by atoms with Crippen LogP contribution >= 0.6 is 24.0 Å². The maximum absolute atomic E-state index is 13.1. The molecule has 6 nitrogen and oxygen atoms in total. The van der Waals surface area contributed by atoms with Gasteiger partial charge in [-0.25, -0.2) is 18.1 Å². The predicted octanol–water partition coefficient (Wildman–Crippen LogP) is 3.20. The summed E-state index contributed by atoms with van der Waals surface area (Å²) in [5.74, 6) is 0. The summed E-state index contributed by atoms with van der Waals surface area (Å²) in [5, 5.41) is 7.81. The molecule has 0 unspecified atom stereocenters. The molecule has 26 heavy (non-hydrogen) atoms. The standard InChI is InChI=1S/C17H17ClN4O2S.ClH/c1-12-6-5-9-16(20-12)25(23,24)17-10-13(11-19-2)21-22(17)15-8-4-3-7-14(15)18;/h3-10,19H,11H2,1-2H3;1H. The zero-order chi connectivity index (χ0) is 18.0. The number of halogens is 2. The summed E-state index contributed by atoms with van der Waals surface area (Å²) in [6, 6.07) is 13.4. The number of aromatic nitrogens is 3. The van der Waals surface area contributed by atoms with Crippen LogP contribution in [0.25, 0.3) is 5.69 Å². The fourth-order valence-electron chi connectivity index (χ4n) is 2.44. The van der Waals surface area contributed by atoms with Crippen molar-refractivity contribution in [2.45, 2.75) is 23.5 Å². The van der Waals surface area contributed by atoms with Gasteiger partial charge in [0, 0.05) is 18.3 Å². The number of nitrogens with one attached hydrogen (secondary N) is 1. The number of benzene rings is 1. The highest BCUT2D eigenvalue weighted by atomic mass is 35.5. The van der Waals surface area contributed by atoms with E-state index in [4.69, 9.17) is 11.6 Å². The Kier molecular flexibility index (Phi) is 6.41. The van der Waals surface area contributed by atoms with Crippen LogP contribution in [-0.4, -0.2) is 30.2 Å². The van der Waals surface area contributed by atoms with E-state index in [1.165, 1.54) is 10.7 Å². The largest absolute Gasteiger partial charge is 0.314 e. The molecule has 9 heteroatoms. The van der Waals surface area contributed by atoms with Crippen molar-refractivity contribution in [1.82, 2.24) is 20.1 Å². The van der Waals surface area contributed by atoms with E-state index in [9.17, 15) is 8.42 Å². The minimum atomic E-state index is -3.85. The highest BCUT2D eigenvalue weighted by Crippen LogP contribution is 2.27. The van der Waals surface area contributed by atoms with Crippen molar-refractivity contribution in [2.24, 2.45) is 0 Å². The Labute approximate surface area is 163 Å². The van der Waals surface area contributed by atoms with Crippen molar-refractivity contribution < 1.29 is 8.42 Å². The van der Waals surface area contributed by atoms with Crippen LogP contribution in [0.4, 0.5) is 0 Å². The summed E-state index contributed by atoms with van der Waals surface area (Å²) in [6.45, 7) is 2.18. The van der Waals surface area contributed by atoms with E-state index in [1.807, 2.05) is 0 Å². The van der Waals surface area contributed by atoms with Crippen molar-refractivity contribution in [3.63, 3.8) is 0 Å². The van der Waals surface area contributed by atoms with Gasteiger partial charge in [-0.15, -0.1) is 12.4 Å². The molecular formula is C17H18Cl2N4O2S. The molecular weight excluding hydrogens is 395 g/mol. The number of para-hydroxylation sites is 1. The molecule has 0 aliphatic heterocycles. The Morgan fingerprint density at radius 2 is 1.88 bits per heavy atom. The van der Waals surface area contributed by atoms with E-state index in [-0.39, 0.29) is 22.5 Å². The van der Waals surface area contributed by atoms with Gasteiger partial charge in [0.1, 0.15) is 0 Å². The van der Waals surface area contributed by atoms with Gasteiger partial charge in [0.2, 0.25) is 9.84 Å². The first-order valence-corrected chi connectivity index (χ1v) is 9.47. The zero-order valence-corrected chi connectivity index (χ0v) is 16.6. The second-order valence-electron chi connectivity index (χ2n) is 5.49. The smallest absolute Gasteiger partial charge is 0.241 e. The lowest BCUT2D eigenvalue weighted by atomic mass is 10.3. The van der Waals surface area contributed by atoms with E-state index in [2.05, 4.69) is 15.4 Å². The summed E-state index contributed by atoms with van der Waals surface area (Å²) in [7, 11) is -2.08. The van der Waals surface area contributed by atoms with E-state index >= 15 is 0 Å². The van der Waals surface area contributed by atoms with Crippen LogP contribution in [0.1, 0.15) is 11.4 Å². The molecule has 2 heterocycles. The molecule has 0 bridgehead atoms. The van der Waals surface area contributed by atoms with E-state index in [0.29, 0.717) is 28.6 Å². The molecule has 0 aliphatic carbocycles. The fourth-order valence-corrected chi connectivity index (χ4v) is 4.05. The minimum Gasteiger partial charge on any atom is -0.314 e. The Balaban J connectivity index is 0.00000243. The molecule has 0 saturated carbocycles. The SMILES string of the molecule is CNCc1cc(S(=O)(=O)c2cccc(C)n2)n(-c2ccccc2Cl)n1.Cl. The first-order valence-electron chi connectivity index (χ1n) is 7.60. The summed E-state index contributed by atoms with van der Waals surface area (Å²) in [6.07, 6.45) is 0. The Bertz CT molecular complexity index is 1020. The highest BCUT2D eigenvalue weighted by molar-refractivity contribution is 7.91. The molecule has 2 aromatic heterocycles. The fraction of sp³-hybridized carbons (Fsp3) is 0.176. The zero-order valence-electron chi connectivity index (χ0n) is 14.2. The topological polar surface area (TPSA) is 76.9 Å². The second kappa shape index (κ2) is 8.18. The summed E-state index contributed by atoms with van der Waals surface area (Å²) < 4.78 is 27.6. The molecule has 0 atom stereocenters. The van der Waals surface area contributed by atoms with Crippen LogP contribution in [-0.2, 0) is 16.4 Å². The normalized spacial score (nSPS) is 11.2. The minimum absolute atomic E-state index is 0. The molecule has 3 rings (SSSR count). The number of hydrogen-bond acceptors (Lipinski definition) is 5. The maximum Gasteiger partial charge on any atom is 0.241 e. The first kappa shape index (κ1) is 20.4. The third-order valence-electron chi connectivity index (χ3n) is 3.58. The van der Waals surface area contributed by atoms with Gasteiger partial charge in [0.05, 0.1) is 16.4 Å². The van der Waals surface area contributed by atoms with Gasteiger partial charge in [-0.05, 0) is 38.2 Å².